The van der Waals surface area contributed by atoms with E-state index in [4.69, 9.17) is 16.7 Å². The SMILES string of the molecule is CCC(C(=O)O)C(O)c1ccc(Cl)c(F)c1. The Labute approximate surface area is 97.5 Å². The first-order chi connectivity index (χ1) is 7.47. The van der Waals surface area contributed by atoms with Gasteiger partial charge in [0.2, 0.25) is 0 Å². The van der Waals surface area contributed by atoms with E-state index < -0.39 is 23.8 Å². The first kappa shape index (κ1) is 12.9. The molecule has 2 unspecified atom stereocenters. The first-order valence-electron chi connectivity index (χ1n) is 4.83. The zero-order chi connectivity index (χ0) is 12.3. The second kappa shape index (κ2) is 5.27. The molecule has 0 fully saturated rings. The van der Waals surface area contributed by atoms with Gasteiger partial charge >= 0.3 is 5.97 Å². The van der Waals surface area contributed by atoms with Gasteiger partial charge in [-0.3, -0.25) is 4.79 Å². The summed E-state index contributed by atoms with van der Waals surface area (Å²) in [4.78, 5) is 10.8. The molecule has 1 aromatic rings. The Morgan fingerprint density at radius 3 is 2.62 bits per heavy atom. The normalized spacial score (nSPS) is 14.5. The zero-order valence-corrected chi connectivity index (χ0v) is 9.41. The third kappa shape index (κ3) is 2.71. The summed E-state index contributed by atoms with van der Waals surface area (Å²) in [7, 11) is 0. The molecule has 0 bridgehead atoms. The van der Waals surface area contributed by atoms with Gasteiger partial charge in [-0.25, -0.2) is 4.39 Å². The summed E-state index contributed by atoms with van der Waals surface area (Å²) in [5, 5.41) is 18.6. The van der Waals surface area contributed by atoms with E-state index in [1.54, 1.807) is 6.92 Å². The summed E-state index contributed by atoms with van der Waals surface area (Å²) < 4.78 is 13.1. The standard InChI is InChI=1S/C11H12ClFO3/c1-2-7(11(15)16)10(14)6-3-4-8(12)9(13)5-6/h3-5,7,10,14H,2H2,1H3,(H,15,16). The summed E-state index contributed by atoms with van der Waals surface area (Å²) in [6.07, 6.45) is -0.963. The highest BCUT2D eigenvalue weighted by molar-refractivity contribution is 6.30. The van der Waals surface area contributed by atoms with E-state index in [9.17, 15) is 14.3 Å². The molecule has 0 aliphatic carbocycles. The molecule has 0 aliphatic rings. The van der Waals surface area contributed by atoms with Crippen LogP contribution in [0.3, 0.4) is 0 Å². The van der Waals surface area contributed by atoms with E-state index in [2.05, 4.69) is 0 Å². The predicted octanol–water partition coefficient (Wildman–Crippen LogP) is 2.62. The molecule has 0 spiro atoms. The van der Waals surface area contributed by atoms with Crippen LogP contribution in [0.1, 0.15) is 25.0 Å². The number of aliphatic hydroxyl groups excluding tert-OH is 1. The average Bonchev–Trinajstić information content (AvgIpc) is 2.22. The van der Waals surface area contributed by atoms with Crippen LogP contribution >= 0.6 is 11.6 Å². The summed E-state index contributed by atoms with van der Waals surface area (Å²) in [5.41, 5.74) is 0.219. The Balaban J connectivity index is 2.99. The van der Waals surface area contributed by atoms with Crippen LogP contribution in [0, 0.1) is 11.7 Å². The summed E-state index contributed by atoms with van der Waals surface area (Å²) in [5.74, 6) is -2.72. The van der Waals surface area contributed by atoms with Gasteiger partial charge in [0.15, 0.2) is 0 Å². The van der Waals surface area contributed by atoms with Crippen LogP contribution < -0.4 is 0 Å². The number of halogens is 2. The van der Waals surface area contributed by atoms with Gasteiger partial charge in [-0.2, -0.15) is 0 Å². The smallest absolute Gasteiger partial charge is 0.309 e. The van der Waals surface area contributed by atoms with Crippen molar-refractivity contribution in [3.8, 4) is 0 Å². The highest BCUT2D eigenvalue weighted by Gasteiger charge is 2.26. The van der Waals surface area contributed by atoms with Crippen molar-refractivity contribution >= 4 is 17.6 Å². The second-order valence-electron chi connectivity index (χ2n) is 3.47. The second-order valence-corrected chi connectivity index (χ2v) is 3.88. The van der Waals surface area contributed by atoms with Crippen LogP contribution in [0.4, 0.5) is 4.39 Å². The maximum absolute atomic E-state index is 13.1. The number of carbonyl (C=O) groups is 1. The number of aliphatic carboxylic acids is 1. The molecule has 88 valence electrons. The lowest BCUT2D eigenvalue weighted by atomic mass is 9.93. The fraction of sp³-hybridized carbons (Fsp3) is 0.364. The van der Waals surface area contributed by atoms with Crippen molar-refractivity contribution in [2.24, 2.45) is 5.92 Å². The van der Waals surface area contributed by atoms with Gasteiger partial charge in [-0.05, 0) is 24.1 Å². The van der Waals surface area contributed by atoms with Crippen molar-refractivity contribution in [2.45, 2.75) is 19.4 Å². The summed E-state index contributed by atoms with van der Waals surface area (Å²) >= 11 is 5.49. The molecule has 0 aromatic heterocycles. The Morgan fingerprint density at radius 1 is 1.56 bits per heavy atom. The summed E-state index contributed by atoms with van der Waals surface area (Å²) in [6, 6.07) is 3.77. The molecule has 16 heavy (non-hydrogen) atoms. The number of benzene rings is 1. The summed E-state index contributed by atoms with van der Waals surface area (Å²) in [6.45, 7) is 1.65. The van der Waals surface area contributed by atoms with Crippen molar-refractivity contribution in [3.63, 3.8) is 0 Å². The molecule has 0 amide bonds. The Kier molecular flexibility index (Phi) is 4.26. The van der Waals surface area contributed by atoms with E-state index in [1.807, 2.05) is 0 Å². The van der Waals surface area contributed by atoms with Gasteiger partial charge in [-0.1, -0.05) is 24.6 Å². The van der Waals surface area contributed by atoms with Gasteiger partial charge in [0, 0.05) is 0 Å². The molecule has 0 saturated carbocycles. The Hall–Kier alpha value is -1.13. The number of carboxylic acids is 1. The molecule has 1 aromatic carbocycles. The van der Waals surface area contributed by atoms with Crippen LogP contribution in [0.5, 0.6) is 0 Å². The van der Waals surface area contributed by atoms with Crippen molar-refractivity contribution in [1.82, 2.24) is 0 Å². The lowest BCUT2D eigenvalue weighted by Crippen LogP contribution is -2.21. The molecular weight excluding hydrogens is 235 g/mol. The number of hydrogen-bond donors (Lipinski definition) is 2. The van der Waals surface area contributed by atoms with Crippen molar-refractivity contribution in [1.29, 1.82) is 0 Å². The van der Waals surface area contributed by atoms with E-state index in [0.717, 1.165) is 6.07 Å². The van der Waals surface area contributed by atoms with E-state index in [1.165, 1.54) is 12.1 Å². The molecule has 2 N–H and O–H groups in total. The van der Waals surface area contributed by atoms with Crippen molar-refractivity contribution < 1.29 is 19.4 Å². The zero-order valence-electron chi connectivity index (χ0n) is 8.65. The molecule has 0 aliphatic heterocycles. The minimum absolute atomic E-state index is 0.0562. The third-order valence-electron chi connectivity index (χ3n) is 2.42. The van der Waals surface area contributed by atoms with Crippen LogP contribution in [0.15, 0.2) is 18.2 Å². The maximum atomic E-state index is 13.1. The number of aliphatic hydroxyl groups is 1. The van der Waals surface area contributed by atoms with Gasteiger partial charge < -0.3 is 10.2 Å². The van der Waals surface area contributed by atoms with Gasteiger partial charge in [0.05, 0.1) is 17.0 Å². The molecule has 0 radical (unpaired) electrons. The predicted molar refractivity (Wildman–Crippen MR) is 57.8 cm³/mol. The lowest BCUT2D eigenvalue weighted by molar-refractivity contribution is -0.146. The molecule has 5 heteroatoms. The molecule has 2 atom stereocenters. The lowest BCUT2D eigenvalue weighted by Gasteiger charge is -2.17. The van der Waals surface area contributed by atoms with Crippen molar-refractivity contribution in [2.75, 3.05) is 0 Å². The topological polar surface area (TPSA) is 57.5 Å². The van der Waals surface area contributed by atoms with Gasteiger partial charge in [0.25, 0.3) is 0 Å². The maximum Gasteiger partial charge on any atom is 0.309 e. The van der Waals surface area contributed by atoms with Crippen LogP contribution in [0.25, 0.3) is 0 Å². The molecule has 0 heterocycles. The fourth-order valence-electron chi connectivity index (χ4n) is 1.46. The number of hydrogen-bond acceptors (Lipinski definition) is 2. The molecule has 3 nitrogen and oxygen atoms in total. The molecule has 0 saturated heterocycles. The minimum atomic E-state index is -1.23. The molecule has 1 rings (SSSR count). The van der Waals surface area contributed by atoms with Gasteiger partial charge in [-0.15, -0.1) is 0 Å². The third-order valence-corrected chi connectivity index (χ3v) is 2.73. The Bertz CT molecular complexity index is 395. The average molecular weight is 247 g/mol. The fourth-order valence-corrected chi connectivity index (χ4v) is 1.58. The monoisotopic (exact) mass is 246 g/mol. The first-order valence-corrected chi connectivity index (χ1v) is 5.21. The van der Waals surface area contributed by atoms with E-state index in [0.29, 0.717) is 0 Å². The highest BCUT2D eigenvalue weighted by atomic mass is 35.5. The van der Waals surface area contributed by atoms with E-state index >= 15 is 0 Å². The van der Waals surface area contributed by atoms with Crippen LogP contribution in [-0.4, -0.2) is 16.2 Å². The highest BCUT2D eigenvalue weighted by Crippen LogP contribution is 2.27. The number of rotatable bonds is 4. The van der Waals surface area contributed by atoms with Crippen LogP contribution in [0.2, 0.25) is 5.02 Å². The quantitative estimate of drug-likeness (QED) is 0.859. The Morgan fingerprint density at radius 2 is 2.19 bits per heavy atom. The molecular formula is C11H12ClFO3. The van der Waals surface area contributed by atoms with Crippen molar-refractivity contribution in [3.05, 3.63) is 34.6 Å². The van der Waals surface area contributed by atoms with Gasteiger partial charge in [0.1, 0.15) is 5.82 Å². The minimum Gasteiger partial charge on any atom is -0.481 e. The van der Waals surface area contributed by atoms with Crippen LogP contribution in [-0.2, 0) is 4.79 Å². The largest absolute Gasteiger partial charge is 0.481 e. The number of carboxylic acid groups (broad SMARTS) is 1. The van der Waals surface area contributed by atoms with E-state index in [-0.39, 0.29) is 17.0 Å².